The molecule has 0 saturated carbocycles. The SMILES string of the molecule is CCN(CC)C(=O)c1c(NC(=O)c2ccco2)sc2c1CCC2. The van der Waals surface area contributed by atoms with Crippen LogP contribution in [0.2, 0.25) is 0 Å². The van der Waals surface area contributed by atoms with Crippen molar-refractivity contribution in [1.29, 1.82) is 0 Å². The van der Waals surface area contributed by atoms with Crippen LogP contribution in [-0.2, 0) is 12.8 Å². The first-order valence-corrected chi connectivity index (χ1v) is 8.76. The summed E-state index contributed by atoms with van der Waals surface area (Å²) in [5, 5.41) is 3.51. The molecule has 1 N–H and O–H groups in total. The minimum Gasteiger partial charge on any atom is -0.459 e. The van der Waals surface area contributed by atoms with Crippen molar-refractivity contribution in [3.8, 4) is 0 Å². The number of furan rings is 1. The summed E-state index contributed by atoms with van der Waals surface area (Å²) in [6.07, 6.45) is 4.43. The lowest BCUT2D eigenvalue weighted by molar-refractivity contribution is 0.0773. The van der Waals surface area contributed by atoms with E-state index in [1.54, 1.807) is 17.0 Å². The number of rotatable bonds is 5. The largest absolute Gasteiger partial charge is 0.459 e. The molecular formula is C17H20N2O3S. The maximum Gasteiger partial charge on any atom is 0.291 e. The number of hydrogen-bond acceptors (Lipinski definition) is 4. The molecule has 2 aromatic heterocycles. The molecule has 2 aromatic rings. The van der Waals surface area contributed by atoms with Gasteiger partial charge in [0.05, 0.1) is 11.8 Å². The quantitative estimate of drug-likeness (QED) is 0.910. The molecule has 5 nitrogen and oxygen atoms in total. The highest BCUT2D eigenvalue weighted by atomic mass is 32.1. The van der Waals surface area contributed by atoms with Gasteiger partial charge in [-0.1, -0.05) is 0 Å². The van der Waals surface area contributed by atoms with Crippen LogP contribution in [0.3, 0.4) is 0 Å². The number of hydrogen-bond donors (Lipinski definition) is 1. The third kappa shape index (κ3) is 2.91. The topological polar surface area (TPSA) is 62.6 Å². The molecule has 2 heterocycles. The van der Waals surface area contributed by atoms with Crippen molar-refractivity contribution in [3.05, 3.63) is 40.2 Å². The minimum atomic E-state index is -0.316. The summed E-state index contributed by atoms with van der Waals surface area (Å²) < 4.78 is 5.13. The first-order valence-electron chi connectivity index (χ1n) is 7.94. The van der Waals surface area contributed by atoms with Crippen molar-refractivity contribution in [3.63, 3.8) is 0 Å². The number of thiophene rings is 1. The van der Waals surface area contributed by atoms with Crippen molar-refractivity contribution in [2.45, 2.75) is 33.1 Å². The van der Waals surface area contributed by atoms with Gasteiger partial charge >= 0.3 is 0 Å². The highest BCUT2D eigenvalue weighted by molar-refractivity contribution is 7.17. The molecule has 23 heavy (non-hydrogen) atoms. The van der Waals surface area contributed by atoms with Crippen molar-refractivity contribution >= 4 is 28.2 Å². The first kappa shape index (κ1) is 15.8. The van der Waals surface area contributed by atoms with Gasteiger partial charge in [0.1, 0.15) is 5.00 Å². The molecule has 0 radical (unpaired) electrons. The number of nitrogens with zero attached hydrogens (tertiary/aromatic N) is 1. The fraction of sp³-hybridized carbons (Fsp3) is 0.412. The maximum atomic E-state index is 12.9. The summed E-state index contributed by atoms with van der Waals surface area (Å²) in [6.45, 7) is 5.25. The Morgan fingerprint density at radius 3 is 2.74 bits per heavy atom. The molecule has 0 aliphatic heterocycles. The predicted octanol–water partition coefficient (Wildman–Crippen LogP) is 3.56. The number of fused-ring (bicyclic) bond motifs is 1. The van der Waals surface area contributed by atoms with Gasteiger partial charge in [-0.25, -0.2) is 0 Å². The van der Waals surface area contributed by atoms with Gasteiger partial charge in [0.2, 0.25) is 0 Å². The number of amides is 2. The van der Waals surface area contributed by atoms with Gasteiger partial charge in [-0.2, -0.15) is 0 Å². The summed E-state index contributed by atoms with van der Waals surface area (Å²) in [5.41, 5.74) is 1.78. The van der Waals surface area contributed by atoms with E-state index < -0.39 is 0 Å². The Hall–Kier alpha value is -2.08. The lowest BCUT2D eigenvalue weighted by Crippen LogP contribution is -2.31. The predicted molar refractivity (Wildman–Crippen MR) is 90.3 cm³/mol. The van der Waals surface area contributed by atoms with Crippen LogP contribution in [0.25, 0.3) is 0 Å². The van der Waals surface area contributed by atoms with Crippen LogP contribution in [0.5, 0.6) is 0 Å². The fourth-order valence-electron chi connectivity index (χ4n) is 2.96. The molecule has 0 aromatic carbocycles. The van der Waals surface area contributed by atoms with E-state index in [2.05, 4.69) is 5.32 Å². The highest BCUT2D eigenvalue weighted by Crippen LogP contribution is 2.40. The van der Waals surface area contributed by atoms with Crippen molar-refractivity contribution in [2.24, 2.45) is 0 Å². The first-order chi connectivity index (χ1) is 11.2. The van der Waals surface area contributed by atoms with Crippen molar-refractivity contribution in [2.75, 3.05) is 18.4 Å². The fourth-order valence-corrected chi connectivity index (χ4v) is 4.24. The second-order valence-corrected chi connectivity index (χ2v) is 6.58. The number of carbonyl (C=O) groups excluding carboxylic acids is 2. The molecular weight excluding hydrogens is 312 g/mol. The summed E-state index contributed by atoms with van der Waals surface area (Å²) in [6, 6.07) is 3.29. The minimum absolute atomic E-state index is 0.00384. The van der Waals surface area contributed by atoms with Gasteiger partial charge in [-0.3, -0.25) is 9.59 Å². The normalized spacial score (nSPS) is 13.0. The summed E-state index contributed by atoms with van der Waals surface area (Å²) >= 11 is 1.52. The van der Waals surface area contributed by atoms with E-state index in [1.807, 2.05) is 13.8 Å². The third-order valence-corrected chi connectivity index (χ3v) is 5.37. The van der Waals surface area contributed by atoms with E-state index in [1.165, 1.54) is 22.5 Å². The smallest absolute Gasteiger partial charge is 0.291 e. The highest BCUT2D eigenvalue weighted by Gasteiger charge is 2.29. The van der Waals surface area contributed by atoms with Gasteiger partial charge < -0.3 is 14.6 Å². The Morgan fingerprint density at radius 2 is 2.09 bits per heavy atom. The molecule has 0 saturated heterocycles. The van der Waals surface area contributed by atoms with E-state index in [-0.39, 0.29) is 17.6 Å². The van der Waals surface area contributed by atoms with E-state index in [0.717, 1.165) is 24.8 Å². The summed E-state index contributed by atoms with van der Waals surface area (Å²) in [7, 11) is 0. The summed E-state index contributed by atoms with van der Waals surface area (Å²) in [5.74, 6) is -0.0625. The third-order valence-electron chi connectivity index (χ3n) is 4.16. The van der Waals surface area contributed by atoms with Gasteiger partial charge in [0.15, 0.2) is 5.76 Å². The van der Waals surface area contributed by atoms with Crippen LogP contribution in [0.15, 0.2) is 22.8 Å². The number of aryl methyl sites for hydroxylation is 1. The second kappa shape index (κ2) is 6.58. The van der Waals surface area contributed by atoms with Crippen LogP contribution in [0.4, 0.5) is 5.00 Å². The Labute approximate surface area is 139 Å². The van der Waals surface area contributed by atoms with Gasteiger partial charge in [-0.05, 0) is 50.8 Å². The molecule has 0 spiro atoms. The molecule has 3 rings (SSSR count). The van der Waals surface area contributed by atoms with E-state index in [9.17, 15) is 9.59 Å². The Bertz CT molecular complexity index is 715. The Morgan fingerprint density at radius 1 is 1.30 bits per heavy atom. The molecule has 0 bridgehead atoms. The van der Waals surface area contributed by atoms with Crippen molar-refractivity contribution in [1.82, 2.24) is 4.90 Å². The zero-order valence-corrected chi connectivity index (χ0v) is 14.2. The Kier molecular flexibility index (Phi) is 4.52. The number of anilines is 1. The lowest BCUT2D eigenvalue weighted by atomic mass is 10.1. The van der Waals surface area contributed by atoms with Crippen LogP contribution >= 0.6 is 11.3 Å². The number of nitrogens with one attached hydrogen (secondary N) is 1. The standard InChI is InChI=1S/C17H20N2O3S/c1-3-19(4-2)17(21)14-11-7-5-9-13(11)23-16(14)18-15(20)12-8-6-10-22-12/h6,8,10H,3-5,7,9H2,1-2H3,(H,18,20). The van der Waals surface area contributed by atoms with E-state index in [4.69, 9.17) is 4.42 Å². The van der Waals surface area contributed by atoms with Crippen molar-refractivity contribution < 1.29 is 14.0 Å². The molecule has 2 amide bonds. The van der Waals surface area contributed by atoms with Crippen LogP contribution in [0.1, 0.15) is 51.6 Å². The average molecular weight is 332 g/mol. The zero-order valence-electron chi connectivity index (χ0n) is 13.3. The van der Waals surface area contributed by atoms with Gasteiger partial charge in [0.25, 0.3) is 11.8 Å². The van der Waals surface area contributed by atoms with Crippen LogP contribution in [-0.4, -0.2) is 29.8 Å². The van der Waals surface area contributed by atoms with Gasteiger partial charge in [-0.15, -0.1) is 11.3 Å². The monoisotopic (exact) mass is 332 g/mol. The molecule has 1 aliphatic rings. The van der Waals surface area contributed by atoms with Gasteiger partial charge in [0, 0.05) is 18.0 Å². The molecule has 0 fully saturated rings. The average Bonchev–Trinajstić information content (AvgIpc) is 3.24. The molecule has 6 heteroatoms. The number of carbonyl (C=O) groups is 2. The second-order valence-electron chi connectivity index (χ2n) is 5.47. The maximum absolute atomic E-state index is 12.9. The lowest BCUT2D eigenvalue weighted by Gasteiger charge is -2.19. The molecule has 0 unspecified atom stereocenters. The molecule has 0 atom stereocenters. The zero-order chi connectivity index (χ0) is 16.4. The summed E-state index contributed by atoms with van der Waals surface area (Å²) in [4.78, 5) is 28.1. The molecule has 1 aliphatic carbocycles. The molecule has 122 valence electrons. The van der Waals surface area contributed by atoms with Crippen LogP contribution < -0.4 is 5.32 Å². The van der Waals surface area contributed by atoms with E-state index in [0.29, 0.717) is 23.7 Å². The van der Waals surface area contributed by atoms with Crippen LogP contribution in [0, 0.1) is 0 Å². The Balaban J connectivity index is 1.94. The van der Waals surface area contributed by atoms with E-state index >= 15 is 0 Å².